The largest absolute Gasteiger partial charge is 0.490 e. The Hall–Kier alpha value is -2.69. The quantitative estimate of drug-likeness (QED) is 0.539. The number of carbonyl (C=O) groups is 2. The molecule has 1 fully saturated rings. The van der Waals surface area contributed by atoms with Crippen molar-refractivity contribution in [2.24, 2.45) is 11.5 Å². The highest BCUT2D eigenvalue weighted by Crippen LogP contribution is 2.19. The van der Waals surface area contributed by atoms with Gasteiger partial charge in [-0.25, -0.2) is 4.79 Å². The number of carbonyl (C=O) groups excluding carboxylic acids is 1. The van der Waals surface area contributed by atoms with Crippen molar-refractivity contribution in [3.8, 4) is 0 Å². The standard InChI is InChI=1S/C21H30N4O.C2HF3O2/c22-8-2-1-3-9-24-10-12-25(13-11-24)21(26)20-7-6-18-14-17(16-23)4-5-19(18)15-20;3-2(4,5)1(6)7/h4-7,14-15H,1-3,8-13,16,22-23H2;(H,6,7). The lowest BCUT2D eigenvalue weighted by molar-refractivity contribution is -0.192. The number of alkyl halides is 3. The highest BCUT2D eigenvalue weighted by atomic mass is 19.4. The molecule has 0 saturated carbocycles. The zero-order valence-electron chi connectivity index (χ0n) is 18.5. The Bertz CT molecular complexity index is 929. The van der Waals surface area contributed by atoms with Gasteiger partial charge in [-0.05, 0) is 60.5 Å². The van der Waals surface area contributed by atoms with E-state index in [0.29, 0.717) is 6.54 Å². The summed E-state index contributed by atoms with van der Waals surface area (Å²) in [5.74, 6) is -2.62. The first-order valence-electron chi connectivity index (χ1n) is 10.9. The molecule has 1 heterocycles. The first kappa shape index (κ1) is 26.6. The predicted molar refractivity (Wildman–Crippen MR) is 121 cm³/mol. The van der Waals surface area contributed by atoms with Crippen LogP contribution in [0.25, 0.3) is 10.8 Å². The van der Waals surface area contributed by atoms with E-state index < -0.39 is 12.1 Å². The maximum atomic E-state index is 12.8. The van der Waals surface area contributed by atoms with Gasteiger partial charge in [0.05, 0.1) is 0 Å². The smallest absolute Gasteiger partial charge is 0.475 e. The molecule has 1 aliphatic rings. The minimum absolute atomic E-state index is 0.137. The lowest BCUT2D eigenvalue weighted by Crippen LogP contribution is -2.48. The minimum atomic E-state index is -5.08. The van der Waals surface area contributed by atoms with Crippen LogP contribution >= 0.6 is 0 Å². The normalized spacial score (nSPS) is 14.6. The molecule has 3 rings (SSSR count). The third-order valence-electron chi connectivity index (χ3n) is 5.47. The number of unbranched alkanes of at least 4 members (excludes halogenated alkanes) is 2. The molecule has 0 unspecified atom stereocenters. The number of fused-ring (bicyclic) bond motifs is 1. The Morgan fingerprint density at radius 3 is 2.09 bits per heavy atom. The molecule has 0 aromatic heterocycles. The summed E-state index contributed by atoms with van der Waals surface area (Å²) in [4.78, 5) is 26.2. The molecule has 5 N–H and O–H groups in total. The molecule has 1 aliphatic heterocycles. The van der Waals surface area contributed by atoms with E-state index >= 15 is 0 Å². The van der Waals surface area contributed by atoms with Crippen molar-refractivity contribution in [2.45, 2.75) is 32.0 Å². The molecule has 0 atom stereocenters. The topological polar surface area (TPSA) is 113 Å². The highest BCUT2D eigenvalue weighted by Gasteiger charge is 2.38. The molecule has 33 heavy (non-hydrogen) atoms. The van der Waals surface area contributed by atoms with Crippen LogP contribution in [0.15, 0.2) is 36.4 Å². The molecule has 0 radical (unpaired) electrons. The molecule has 182 valence electrons. The van der Waals surface area contributed by atoms with Crippen LogP contribution in [-0.4, -0.2) is 72.2 Å². The van der Waals surface area contributed by atoms with E-state index in [2.05, 4.69) is 11.0 Å². The second-order valence-corrected chi connectivity index (χ2v) is 7.89. The van der Waals surface area contributed by atoms with Crippen molar-refractivity contribution in [2.75, 3.05) is 39.3 Å². The van der Waals surface area contributed by atoms with Gasteiger partial charge in [-0.3, -0.25) is 9.69 Å². The number of nitrogens with zero attached hydrogens (tertiary/aromatic N) is 2. The van der Waals surface area contributed by atoms with Gasteiger partial charge in [0, 0.05) is 38.3 Å². The number of benzene rings is 2. The SMILES string of the molecule is NCCCCCN1CCN(C(=O)c2ccc3cc(CN)ccc3c2)CC1.O=C(O)C(F)(F)F. The van der Waals surface area contributed by atoms with E-state index in [1.54, 1.807) is 0 Å². The molecule has 0 aliphatic carbocycles. The number of carboxylic acid groups (broad SMARTS) is 1. The summed E-state index contributed by atoms with van der Waals surface area (Å²) in [5, 5.41) is 9.35. The number of nitrogens with two attached hydrogens (primary N) is 2. The van der Waals surface area contributed by atoms with Gasteiger partial charge in [0.1, 0.15) is 0 Å². The van der Waals surface area contributed by atoms with Gasteiger partial charge < -0.3 is 21.5 Å². The van der Waals surface area contributed by atoms with Gasteiger partial charge in [-0.1, -0.05) is 24.6 Å². The van der Waals surface area contributed by atoms with Crippen LogP contribution in [0.4, 0.5) is 13.2 Å². The second kappa shape index (κ2) is 12.5. The van der Waals surface area contributed by atoms with Gasteiger partial charge in [0.15, 0.2) is 0 Å². The molecular weight excluding hydrogens is 437 g/mol. The fraction of sp³-hybridized carbons (Fsp3) is 0.478. The molecule has 0 bridgehead atoms. The minimum Gasteiger partial charge on any atom is -0.475 e. The highest BCUT2D eigenvalue weighted by molar-refractivity contribution is 5.98. The van der Waals surface area contributed by atoms with E-state index in [1.165, 1.54) is 12.8 Å². The van der Waals surface area contributed by atoms with Crippen molar-refractivity contribution in [3.63, 3.8) is 0 Å². The number of aliphatic carboxylic acids is 1. The lowest BCUT2D eigenvalue weighted by Gasteiger charge is -2.34. The fourth-order valence-corrected chi connectivity index (χ4v) is 3.57. The molecule has 1 saturated heterocycles. The molecule has 0 spiro atoms. The van der Waals surface area contributed by atoms with Gasteiger partial charge in [0.25, 0.3) is 5.91 Å². The summed E-state index contributed by atoms with van der Waals surface area (Å²) in [6, 6.07) is 12.1. The summed E-state index contributed by atoms with van der Waals surface area (Å²) in [7, 11) is 0. The number of rotatable bonds is 7. The van der Waals surface area contributed by atoms with Crippen LogP contribution in [0.3, 0.4) is 0 Å². The summed E-state index contributed by atoms with van der Waals surface area (Å²) in [6.45, 7) is 5.96. The van der Waals surface area contributed by atoms with Crippen LogP contribution in [0, 0.1) is 0 Å². The summed E-state index contributed by atoms with van der Waals surface area (Å²) in [6.07, 6.45) is -1.59. The van der Waals surface area contributed by atoms with E-state index in [0.717, 1.165) is 67.6 Å². The maximum absolute atomic E-state index is 12.8. The zero-order chi connectivity index (χ0) is 24.4. The van der Waals surface area contributed by atoms with E-state index in [9.17, 15) is 18.0 Å². The Kier molecular flexibility index (Phi) is 10.1. The third-order valence-corrected chi connectivity index (χ3v) is 5.47. The van der Waals surface area contributed by atoms with Crippen molar-refractivity contribution < 1.29 is 27.9 Å². The Morgan fingerprint density at radius 2 is 1.52 bits per heavy atom. The third kappa shape index (κ3) is 8.30. The molecular formula is C23H31F3N4O3. The number of hydrogen-bond donors (Lipinski definition) is 3. The van der Waals surface area contributed by atoms with Crippen molar-refractivity contribution in [1.82, 2.24) is 9.80 Å². The molecule has 2 aromatic carbocycles. The first-order chi connectivity index (χ1) is 15.7. The van der Waals surface area contributed by atoms with Crippen molar-refractivity contribution in [3.05, 3.63) is 47.5 Å². The summed E-state index contributed by atoms with van der Waals surface area (Å²) in [5.41, 5.74) is 13.1. The first-order valence-corrected chi connectivity index (χ1v) is 10.9. The van der Waals surface area contributed by atoms with Crippen LogP contribution in [-0.2, 0) is 11.3 Å². The van der Waals surface area contributed by atoms with Crippen molar-refractivity contribution in [1.29, 1.82) is 0 Å². The van der Waals surface area contributed by atoms with E-state index in [4.69, 9.17) is 21.4 Å². The Balaban J connectivity index is 0.000000479. The fourth-order valence-electron chi connectivity index (χ4n) is 3.57. The van der Waals surface area contributed by atoms with Crippen molar-refractivity contribution >= 4 is 22.6 Å². The van der Waals surface area contributed by atoms with Gasteiger partial charge in [-0.2, -0.15) is 13.2 Å². The number of amides is 1. The average molecular weight is 469 g/mol. The predicted octanol–water partition coefficient (Wildman–Crippen LogP) is 2.82. The molecule has 10 heteroatoms. The van der Waals surface area contributed by atoms with Crippen LogP contribution in [0.1, 0.15) is 35.2 Å². The van der Waals surface area contributed by atoms with E-state index in [-0.39, 0.29) is 5.91 Å². The van der Waals surface area contributed by atoms with Crippen LogP contribution < -0.4 is 11.5 Å². The van der Waals surface area contributed by atoms with Gasteiger partial charge in [-0.15, -0.1) is 0 Å². The molecule has 1 amide bonds. The number of hydrogen-bond acceptors (Lipinski definition) is 5. The molecule has 7 nitrogen and oxygen atoms in total. The lowest BCUT2D eigenvalue weighted by atomic mass is 10.0. The van der Waals surface area contributed by atoms with Crippen LogP contribution in [0.5, 0.6) is 0 Å². The van der Waals surface area contributed by atoms with E-state index in [1.807, 2.05) is 35.2 Å². The summed E-state index contributed by atoms with van der Waals surface area (Å²) >= 11 is 0. The Labute approximate surface area is 191 Å². The van der Waals surface area contributed by atoms with Gasteiger partial charge >= 0.3 is 12.1 Å². The van der Waals surface area contributed by atoms with Gasteiger partial charge in [0.2, 0.25) is 0 Å². The Morgan fingerprint density at radius 1 is 0.909 bits per heavy atom. The zero-order valence-corrected chi connectivity index (χ0v) is 18.5. The monoisotopic (exact) mass is 468 g/mol. The average Bonchev–Trinajstić information content (AvgIpc) is 2.81. The number of carboxylic acids is 1. The number of halogens is 3. The molecule has 2 aromatic rings. The van der Waals surface area contributed by atoms with Crippen LogP contribution in [0.2, 0.25) is 0 Å². The maximum Gasteiger partial charge on any atom is 0.490 e. The number of piperazine rings is 1. The summed E-state index contributed by atoms with van der Waals surface area (Å²) < 4.78 is 31.7. The second-order valence-electron chi connectivity index (χ2n) is 7.89.